The third-order valence-corrected chi connectivity index (χ3v) is 4.81. The minimum atomic E-state index is -0.00743. The van der Waals surface area contributed by atoms with Crippen molar-refractivity contribution in [3.63, 3.8) is 0 Å². The Labute approximate surface area is 142 Å². The van der Waals surface area contributed by atoms with Gasteiger partial charge in [0.05, 0.1) is 5.69 Å². The lowest BCUT2D eigenvalue weighted by atomic mass is 9.95. The van der Waals surface area contributed by atoms with Gasteiger partial charge in [-0.3, -0.25) is 9.58 Å². The second kappa shape index (κ2) is 5.87. The van der Waals surface area contributed by atoms with Crippen LogP contribution in [0.3, 0.4) is 0 Å². The van der Waals surface area contributed by atoms with Crippen molar-refractivity contribution in [3.8, 4) is 0 Å². The Kier molecular flexibility index (Phi) is 4.19. The highest BCUT2D eigenvalue weighted by Gasteiger charge is 2.24. The Morgan fingerprint density at radius 1 is 1.30 bits per heavy atom. The second-order valence-corrected chi connectivity index (χ2v) is 7.71. The number of halogens is 1. The van der Waals surface area contributed by atoms with E-state index in [0.29, 0.717) is 0 Å². The molecule has 0 saturated carbocycles. The van der Waals surface area contributed by atoms with E-state index in [2.05, 4.69) is 35.8 Å². The van der Waals surface area contributed by atoms with Crippen LogP contribution in [0.5, 0.6) is 0 Å². The molecule has 0 saturated heterocycles. The Morgan fingerprint density at radius 2 is 2.04 bits per heavy atom. The van der Waals surface area contributed by atoms with E-state index in [1.807, 2.05) is 20.2 Å². The Hall–Kier alpha value is -1.46. The van der Waals surface area contributed by atoms with E-state index in [1.54, 1.807) is 4.68 Å². The van der Waals surface area contributed by atoms with Crippen LogP contribution >= 0.6 is 11.6 Å². The van der Waals surface area contributed by atoms with Gasteiger partial charge < -0.3 is 0 Å². The van der Waals surface area contributed by atoms with E-state index in [0.717, 1.165) is 48.3 Å². The van der Waals surface area contributed by atoms with Gasteiger partial charge in [0.2, 0.25) is 0 Å². The highest BCUT2D eigenvalue weighted by molar-refractivity contribution is 6.30. The quantitative estimate of drug-likeness (QED) is 0.847. The Balaban J connectivity index is 1.78. The van der Waals surface area contributed by atoms with E-state index in [-0.39, 0.29) is 5.41 Å². The lowest BCUT2D eigenvalue weighted by Crippen LogP contribution is -2.32. The summed E-state index contributed by atoms with van der Waals surface area (Å²) in [6.45, 7) is 11.1. The van der Waals surface area contributed by atoms with E-state index in [4.69, 9.17) is 16.6 Å². The Morgan fingerprint density at radius 3 is 2.65 bits per heavy atom. The van der Waals surface area contributed by atoms with Crippen molar-refractivity contribution in [2.75, 3.05) is 6.54 Å². The molecule has 0 N–H and O–H groups in total. The zero-order valence-corrected chi connectivity index (χ0v) is 15.3. The van der Waals surface area contributed by atoms with E-state index >= 15 is 0 Å². The Bertz CT molecular complexity index is 729. The molecule has 0 spiro atoms. The topological polar surface area (TPSA) is 46.8 Å². The summed E-state index contributed by atoms with van der Waals surface area (Å²) < 4.78 is 1.74. The molecule has 0 unspecified atom stereocenters. The van der Waals surface area contributed by atoms with Crippen LogP contribution < -0.4 is 0 Å². The molecule has 23 heavy (non-hydrogen) atoms. The van der Waals surface area contributed by atoms with Gasteiger partial charge >= 0.3 is 0 Å². The first-order chi connectivity index (χ1) is 10.8. The summed E-state index contributed by atoms with van der Waals surface area (Å²) >= 11 is 6.35. The molecule has 2 aromatic rings. The van der Waals surface area contributed by atoms with Crippen molar-refractivity contribution in [1.29, 1.82) is 0 Å². The zero-order valence-electron chi connectivity index (χ0n) is 14.5. The summed E-state index contributed by atoms with van der Waals surface area (Å²) in [5, 5.41) is 5.12. The molecule has 0 aliphatic carbocycles. The van der Waals surface area contributed by atoms with Crippen LogP contribution in [0, 0.1) is 6.92 Å². The molecule has 0 radical (unpaired) electrons. The molecule has 2 aromatic heterocycles. The molecule has 1 aliphatic rings. The fraction of sp³-hybridized carbons (Fsp3) is 0.588. The van der Waals surface area contributed by atoms with Crippen molar-refractivity contribution in [2.45, 2.75) is 52.6 Å². The number of nitrogens with zero attached hydrogens (tertiary/aromatic N) is 5. The lowest BCUT2D eigenvalue weighted by molar-refractivity contribution is 0.241. The maximum Gasteiger partial charge on any atom is 0.133 e. The van der Waals surface area contributed by atoms with Crippen molar-refractivity contribution in [1.82, 2.24) is 24.6 Å². The van der Waals surface area contributed by atoms with E-state index in [9.17, 15) is 0 Å². The molecule has 6 heteroatoms. The van der Waals surface area contributed by atoms with Gasteiger partial charge in [0.25, 0.3) is 0 Å². The van der Waals surface area contributed by atoms with Crippen LogP contribution in [0.15, 0.2) is 6.20 Å². The van der Waals surface area contributed by atoms with Gasteiger partial charge in [-0.1, -0.05) is 32.4 Å². The fourth-order valence-electron chi connectivity index (χ4n) is 2.95. The molecular formula is C17H24ClN5. The smallest absolute Gasteiger partial charge is 0.133 e. The first-order valence-corrected chi connectivity index (χ1v) is 8.39. The van der Waals surface area contributed by atoms with Gasteiger partial charge in [-0.2, -0.15) is 5.10 Å². The van der Waals surface area contributed by atoms with Gasteiger partial charge in [0.15, 0.2) is 0 Å². The molecular weight excluding hydrogens is 310 g/mol. The van der Waals surface area contributed by atoms with Gasteiger partial charge in [0.1, 0.15) is 11.0 Å². The first-order valence-electron chi connectivity index (χ1n) is 8.01. The molecule has 5 nitrogen and oxygen atoms in total. The fourth-order valence-corrected chi connectivity index (χ4v) is 3.18. The average Bonchev–Trinajstić information content (AvgIpc) is 2.72. The number of hydrogen-bond acceptors (Lipinski definition) is 4. The SMILES string of the molecule is Cc1nn(C)c(Cl)c1CN1CCc2nc(C(C)(C)C)ncc2C1. The summed E-state index contributed by atoms with van der Waals surface area (Å²) in [5.74, 6) is 0.927. The van der Waals surface area contributed by atoms with Crippen molar-refractivity contribution in [2.24, 2.45) is 7.05 Å². The molecule has 0 atom stereocenters. The standard InChI is InChI=1S/C17H24ClN5/c1-11-13(15(18)22(5)21-11)10-23-7-6-14-12(9-23)8-19-16(20-14)17(2,3)4/h8H,6-7,9-10H2,1-5H3. The minimum Gasteiger partial charge on any atom is -0.294 e. The first kappa shape index (κ1) is 16.4. The van der Waals surface area contributed by atoms with Gasteiger partial charge in [0, 0.05) is 61.5 Å². The monoisotopic (exact) mass is 333 g/mol. The lowest BCUT2D eigenvalue weighted by Gasteiger charge is -2.29. The molecule has 0 bridgehead atoms. The number of fused-ring (bicyclic) bond motifs is 1. The summed E-state index contributed by atoms with van der Waals surface area (Å²) in [6, 6.07) is 0. The third-order valence-electron chi connectivity index (χ3n) is 4.34. The number of hydrogen-bond donors (Lipinski definition) is 0. The van der Waals surface area contributed by atoms with Crippen LogP contribution in [0.1, 0.15) is 49.1 Å². The summed E-state index contributed by atoms with van der Waals surface area (Å²) in [6.07, 6.45) is 2.95. The van der Waals surface area contributed by atoms with Gasteiger partial charge in [-0.05, 0) is 6.92 Å². The number of aryl methyl sites for hydroxylation is 2. The molecule has 0 fully saturated rings. The molecule has 124 valence electrons. The maximum absolute atomic E-state index is 6.35. The normalized spacial score (nSPS) is 15.7. The average molecular weight is 334 g/mol. The number of rotatable bonds is 2. The summed E-state index contributed by atoms with van der Waals surface area (Å²) in [4.78, 5) is 11.7. The van der Waals surface area contributed by atoms with Gasteiger partial charge in [-0.25, -0.2) is 9.97 Å². The predicted molar refractivity (Wildman–Crippen MR) is 91.5 cm³/mol. The summed E-state index contributed by atoms with van der Waals surface area (Å²) in [7, 11) is 1.88. The highest BCUT2D eigenvalue weighted by atomic mass is 35.5. The zero-order chi connectivity index (χ0) is 16.8. The molecule has 0 amide bonds. The minimum absolute atomic E-state index is 0.00743. The molecule has 3 rings (SSSR count). The maximum atomic E-state index is 6.35. The van der Waals surface area contributed by atoms with E-state index < -0.39 is 0 Å². The van der Waals surface area contributed by atoms with Crippen molar-refractivity contribution < 1.29 is 0 Å². The summed E-state index contributed by atoms with van der Waals surface area (Å²) in [5.41, 5.74) is 4.52. The van der Waals surface area contributed by atoms with Crippen molar-refractivity contribution >= 4 is 11.6 Å². The number of aromatic nitrogens is 4. The van der Waals surface area contributed by atoms with Crippen molar-refractivity contribution in [3.05, 3.63) is 39.7 Å². The van der Waals surface area contributed by atoms with Crippen LogP contribution in [0.2, 0.25) is 5.15 Å². The van der Waals surface area contributed by atoms with Crippen LogP contribution in [0.4, 0.5) is 0 Å². The van der Waals surface area contributed by atoms with E-state index in [1.165, 1.54) is 11.3 Å². The van der Waals surface area contributed by atoms with Crippen LogP contribution in [-0.4, -0.2) is 31.2 Å². The van der Waals surface area contributed by atoms with Crippen LogP contribution in [0.25, 0.3) is 0 Å². The second-order valence-electron chi connectivity index (χ2n) is 7.35. The van der Waals surface area contributed by atoms with Crippen LogP contribution in [-0.2, 0) is 32.0 Å². The molecule has 1 aliphatic heterocycles. The predicted octanol–water partition coefficient (Wildman–Crippen LogP) is 3.03. The third kappa shape index (κ3) is 3.26. The van der Waals surface area contributed by atoms with Gasteiger partial charge in [-0.15, -0.1) is 0 Å². The molecule has 0 aromatic carbocycles. The largest absolute Gasteiger partial charge is 0.294 e. The highest BCUT2D eigenvalue weighted by Crippen LogP contribution is 2.25. The molecule has 3 heterocycles.